The average molecular weight is 749 g/mol. The van der Waals surface area contributed by atoms with Crippen LogP contribution in [0.4, 0.5) is 0 Å². The third kappa shape index (κ3) is 7.40. The molecule has 0 amide bonds. The molecule has 1 saturated heterocycles. The minimum Gasteiger partial charge on any atom is -0.507 e. The molecule has 6 unspecified atom stereocenters. The normalized spacial score (nSPS) is 28.4. The van der Waals surface area contributed by atoms with Crippen LogP contribution in [0.25, 0.3) is 5.76 Å². The first-order valence-electron chi connectivity index (χ1n) is 17.5. The second-order valence-electron chi connectivity index (χ2n) is 13.7. The first-order chi connectivity index (χ1) is 25.8. The first-order valence-corrected chi connectivity index (χ1v) is 17.5. The van der Waals surface area contributed by atoms with E-state index in [2.05, 4.69) is 15.0 Å². The van der Waals surface area contributed by atoms with E-state index in [-0.39, 0.29) is 48.0 Å². The molecule has 0 aromatic heterocycles. The molecule has 5 aliphatic rings. The first kappa shape index (κ1) is 37.0. The van der Waals surface area contributed by atoms with Gasteiger partial charge in [-0.25, -0.2) is 14.8 Å². The SMILES string of the molecule is N=C1C=CC(CCOc2ccc(C3C=C(O)c4c(cc(OC5OC(C(=O)O)C(O)(CC6=NC=NC6)C(O)C5O)c(OC5(O)CCCCC5)c4O)O3)cc2)=N1. The van der Waals surface area contributed by atoms with Crippen LogP contribution in [0.15, 0.2) is 63.5 Å². The van der Waals surface area contributed by atoms with Crippen LogP contribution in [0.2, 0.25) is 0 Å². The summed E-state index contributed by atoms with van der Waals surface area (Å²) in [6.07, 6.45) is -0.682. The van der Waals surface area contributed by atoms with Crippen LogP contribution >= 0.6 is 0 Å². The lowest BCUT2D eigenvalue weighted by Gasteiger charge is -2.46. The number of aliphatic hydroxyl groups excluding tert-OH is 3. The number of fused-ring (bicyclic) bond motifs is 1. The number of aliphatic carboxylic acids is 1. The molecule has 0 bridgehead atoms. The zero-order valence-corrected chi connectivity index (χ0v) is 28.9. The third-order valence-corrected chi connectivity index (χ3v) is 9.85. The molecule has 1 saturated carbocycles. The molecule has 2 fully saturated rings. The highest BCUT2D eigenvalue weighted by Crippen LogP contribution is 2.52. The number of carboxylic acids is 1. The number of aliphatic imine (C=N–C) groups is 3. The van der Waals surface area contributed by atoms with Crippen LogP contribution in [-0.4, -0.2) is 114 Å². The number of carboxylic acid groups (broad SMARTS) is 1. The predicted octanol–water partition coefficient (Wildman–Crippen LogP) is 2.73. The van der Waals surface area contributed by atoms with Gasteiger partial charge < -0.3 is 59.4 Å². The molecule has 6 atom stereocenters. The Kier molecular flexibility index (Phi) is 10.2. The van der Waals surface area contributed by atoms with Gasteiger partial charge in [0.15, 0.2) is 17.6 Å². The van der Waals surface area contributed by atoms with Gasteiger partial charge in [-0.15, -0.1) is 0 Å². The number of ether oxygens (including phenoxy) is 5. The number of allylic oxidation sites excluding steroid dienone is 1. The standard InChI is InChI=1S/C37H40N4O13/c38-27-9-6-20(41-27)10-13-50-22-7-4-19(5-8-22)24-14-23(42)28-25(51-24)15-26(31(29(28)43)54-36(48)11-2-1-3-12-36)52-35-30(44)32(45)37(49,33(53-35)34(46)47)16-21-17-39-18-40-21/h4-9,14-15,18,24,30,32-33,35,38,42-45,48-49H,1-3,10-13,16-17H2,(H,46,47). The van der Waals surface area contributed by atoms with Crippen molar-refractivity contribution in [1.82, 2.24) is 0 Å². The van der Waals surface area contributed by atoms with E-state index in [1.807, 2.05) is 0 Å². The van der Waals surface area contributed by atoms with E-state index >= 15 is 0 Å². The molecule has 4 aliphatic heterocycles. The Morgan fingerprint density at radius 2 is 1.81 bits per heavy atom. The van der Waals surface area contributed by atoms with Crippen LogP contribution < -0.4 is 18.9 Å². The van der Waals surface area contributed by atoms with Crippen molar-refractivity contribution in [2.45, 2.75) is 87.0 Å². The summed E-state index contributed by atoms with van der Waals surface area (Å²) >= 11 is 0. The number of hydrogen-bond acceptors (Lipinski definition) is 15. The Morgan fingerprint density at radius 1 is 1.06 bits per heavy atom. The van der Waals surface area contributed by atoms with Gasteiger partial charge in [-0.2, -0.15) is 0 Å². The van der Waals surface area contributed by atoms with E-state index in [0.717, 1.165) is 12.1 Å². The van der Waals surface area contributed by atoms with Crippen LogP contribution in [-0.2, 0) is 9.53 Å². The Hall–Kier alpha value is -5.33. The Morgan fingerprint density at radius 3 is 2.48 bits per heavy atom. The highest BCUT2D eigenvalue weighted by atomic mass is 16.7. The highest BCUT2D eigenvalue weighted by Gasteiger charge is 2.59. The van der Waals surface area contributed by atoms with Gasteiger partial charge in [0, 0.05) is 49.2 Å². The molecule has 8 N–H and O–H groups in total. The number of aliphatic hydroxyl groups is 5. The Balaban J connectivity index is 1.16. The summed E-state index contributed by atoms with van der Waals surface area (Å²) in [6.45, 7) is 0.385. The fraction of sp³-hybridized carbons (Fsp3) is 0.432. The molecule has 4 heterocycles. The molecular weight excluding hydrogens is 708 g/mol. The quantitative estimate of drug-likeness (QED) is 0.145. The lowest BCUT2D eigenvalue weighted by Crippen LogP contribution is -2.69. The van der Waals surface area contributed by atoms with Gasteiger partial charge in [-0.3, -0.25) is 10.4 Å². The van der Waals surface area contributed by atoms with E-state index in [1.54, 1.807) is 36.4 Å². The van der Waals surface area contributed by atoms with Gasteiger partial charge >= 0.3 is 5.97 Å². The van der Waals surface area contributed by atoms with E-state index in [4.69, 9.17) is 29.1 Å². The third-order valence-electron chi connectivity index (χ3n) is 9.85. The van der Waals surface area contributed by atoms with Gasteiger partial charge in [0.25, 0.3) is 0 Å². The fourth-order valence-corrected chi connectivity index (χ4v) is 7.02. The highest BCUT2D eigenvalue weighted by molar-refractivity contribution is 6.14. The summed E-state index contributed by atoms with van der Waals surface area (Å²) in [5, 5.41) is 85.4. The topological polar surface area (TPSA) is 266 Å². The number of benzene rings is 2. The molecule has 17 heteroatoms. The van der Waals surface area contributed by atoms with Crippen molar-refractivity contribution in [1.29, 1.82) is 5.41 Å². The van der Waals surface area contributed by atoms with Gasteiger partial charge in [0.05, 0.1) is 13.2 Å². The summed E-state index contributed by atoms with van der Waals surface area (Å²) in [7, 11) is 0. The van der Waals surface area contributed by atoms with Crippen LogP contribution in [0.5, 0.6) is 28.7 Å². The Labute approximate surface area is 308 Å². The lowest BCUT2D eigenvalue weighted by atomic mass is 9.80. The average Bonchev–Trinajstić information content (AvgIpc) is 3.81. The fourth-order valence-electron chi connectivity index (χ4n) is 7.02. The van der Waals surface area contributed by atoms with E-state index in [0.29, 0.717) is 37.2 Å². The smallest absolute Gasteiger partial charge is 0.336 e. The number of phenols is 1. The molecule has 1 aliphatic carbocycles. The molecule has 0 radical (unpaired) electrons. The molecule has 0 spiro atoms. The molecule has 54 heavy (non-hydrogen) atoms. The number of carbonyl (C=O) groups is 1. The van der Waals surface area contributed by atoms with E-state index < -0.39 is 71.7 Å². The van der Waals surface area contributed by atoms with Crippen molar-refractivity contribution in [2.24, 2.45) is 15.0 Å². The summed E-state index contributed by atoms with van der Waals surface area (Å²) in [6, 6.07) is 8.07. The van der Waals surface area contributed by atoms with Crippen molar-refractivity contribution in [3.63, 3.8) is 0 Å². The van der Waals surface area contributed by atoms with E-state index in [1.165, 1.54) is 18.5 Å². The van der Waals surface area contributed by atoms with Crippen molar-refractivity contribution in [3.05, 3.63) is 59.7 Å². The number of nitrogens with zero attached hydrogens (tertiary/aromatic N) is 3. The van der Waals surface area contributed by atoms with Gasteiger partial charge in [0.2, 0.25) is 17.8 Å². The van der Waals surface area contributed by atoms with Crippen molar-refractivity contribution < 1.29 is 64.2 Å². The van der Waals surface area contributed by atoms with E-state index in [9.17, 15) is 40.5 Å². The van der Waals surface area contributed by atoms with Gasteiger partial charge in [-0.05, 0) is 42.7 Å². The second-order valence-corrected chi connectivity index (χ2v) is 13.7. The monoisotopic (exact) mass is 748 g/mol. The zero-order valence-electron chi connectivity index (χ0n) is 28.9. The number of amidine groups is 1. The number of nitrogens with one attached hydrogen (secondary N) is 1. The summed E-state index contributed by atoms with van der Waals surface area (Å²) in [4.78, 5) is 24.3. The molecule has 2 aromatic rings. The van der Waals surface area contributed by atoms with Gasteiger partial charge in [0.1, 0.15) is 58.9 Å². The number of aromatic hydroxyl groups is 1. The van der Waals surface area contributed by atoms with Crippen LogP contribution in [0.3, 0.4) is 0 Å². The van der Waals surface area contributed by atoms with Crippen LogP contribution in [0, 0.1) is 5.41 Å². The van der Waals surface area contributed by atoms with Crippen molar-refractivity contribution in [3.8, 4) is 28.7 Å². The summed E-state index contributed by atoms with van der Waals surface area (Å²) in [5.74, 6) is -4.72. The molecule has 2 aromatic carbocycles. The maximum absolute atomic E-state index is 12.4. The zero-order chi connectivity index (χ0) is 38.2. The number of hydrogen-bond donors (Lipinski definition) is 8. The van der Waals surface area contributed by atoms with Crippen molar-refractivity contribution in [2.75, 3.05) is 13.2 Å². The molecule has 7 rings (SSSR count). The van der Waals surface area contributed by atoms with Gasteiger partial charge in [-0.1, -0.05) is 18.6 Å². The second kappa shape index (κ2) is 14.8. The number of phenolic OH excluding ortho intramolecular Hbond substituents is 1. The minimum atomic E-state index is -2.53. The largest absolute Gasteiger partial charge is 0.507 e. The summed E-state index contributed by atoms with van der Waals surface area (Å²) in [5.41, 5.74) is -1.13. The Bertz CT molecular complexity index is 1950. The lowest BCUT2D eigenvalue weighted by molar-refractivity contribution is -0.303. The molecule has 286 valence electrons. The molecular formula is C37H40N4O13. The number of rotatable bonds is 12. The maximum Gasteiger partial charge on any atom is 0.336 e. The van der Waals surface area contributed by atoms with Crippen LogP contribution in [0.1, 0.15) is 62.2 Å². The maximum atomic E-state index is 12.4. The molecule has 17 nitrogen and oxygen atoms in total. The predicted molar refractivity (Wildman–Crippen MR) is 191 cm³/mol. The van der Waals surface area contributed by atoms with Crippen molar-refractivity contribution >= 4 is 35.3 Å². The minimum absolute atomic E-state index is 0.0532. The summed E-state index contributed by atoms with van der Waals surface area (Å²) < 4.78 is 29.5.